The van der Waals surface area contributed by atoms with Crippen molar-refractivity contribution in [3.8, 4) is 11.5 Å². The lowest BCUT2D eigenvalue weighted by atomic mass is 10.3. The zero-order valence-electron chi connectivity index (χ0n) is 16.8. The molecule has 0 aromatic heterocycles. The normalized spacial score (nSPS) is 11.1. The van der Waals surface area contributed by atoms with Crippen molar-refractivity contribution in [3.63, 3.8) is 0 Å². The number of ether oxygens (including phenoxy) is 3. The largest absolute Gasteiger partial charge is 0.494 e. The Kier molecular flexibility index (Phi) is 10.4. The van der Waals surface area contributed by atoms with Gasteiger partial charge in [-0.05, 0) is 37.1 Å². The van der Waals surface area contributed by atoms with Gasteiger partial charge < -0.3 is 24.8 Å². The van der Waals surface area contributed by atoms with E-state index in [-0.39, 0.29) is 0 Å². The van der Waals surface area contributed by atoms with Gasteiger partial charge in [0.1, 0.15) is 11.5 Å². The van der Waals surface area contributed by atoms with Gasteiger partial charge >= 0.3 is 0 Å². The minimum atomic E-state index is 0.634. The number of nitrogens with zero attached hydrogens (tertiary/aromatic N) is 1. The van der Waals surface area contributed by atoms with Crippen LogP contribution in [-0.2, 0) is 4.74 Å². The van der Waals surface area contributed by atoms with Crippen LogP contribution in [0, 0.1) is 0 Å². The van der Waals surface area contributed by atoms with Crippen molar-refractivity contribution in [2.75, 3.05) is 45.8 Å². The standard InChI is InChI=1S/C22H31N3O3/c1-23-22(24-14-6-7-16-27-20-11-4-3-5-12-20)25-19-10-8-13-21(18-19)28-17-9-15-26-2/h3-5,8,10-13,18H,6-7,9,14-17H2,1-2H3,(H2,23,24,25). The third-order valence-electron chi connectivity index (χ3n) is 3.96. The molecule has 0 fully saturated rings. The first kappa shape index (κ1) is 21.6. The highest BCUT2D eigenvalue weighted by molar-refractivity contribution is 5.93. The van der Waals surface area contributed by atoms with Crippen LogP contribution in [0.3, 0.4) is 0 Å². The van der Waals surface area contributed by atoms with E-state index in [4.69, 9.17) is 14.2 Å². The van der Waals surface area contributed by atoms with E-state index in [0.717, 1.165) is 49.0 Å². The number of rotatable bonds is 12. The van der Waals surface area contributed by atoms with E-state index >= 15 is 0 Å². The molecule has 0 unspecified atom stereocenters. The summed E-state index contributed by atoms with van der Waals surface area (Å²) in [5.74, 6) is 2.48. The second-order valence-corrected chi connectivity index (χ2v) is 6.22. The number of nitrogens with one attached hydrogen (secondary N) is 2. The van der Waals surface area contributed by atoms with Gasteiger partial charge in [-0.3, -0.25) is 4.99 Å². The molecular weight excluding hydrogens is 354 g/mol. The zero-order valence-corrected chi connectivity index (χ0v) is 16.8. The van der Waals surface area contributed by atoms with Crippen molar-refractivity contribution < 1.29 is 14.2 Å². The minimum absolute atomic E-state index is 0.634. The predicted molar refractivity (Wildman–Crippen MR) is 115 cm³/mol. The lowest BCUT2D eigenvalue weighted by Crippen LogP contribution is -2.31. The van der Waals surface area contributed by atoms with Gasteiger partial charge in [-0.25, -0.2) is 0 Å². The number of unbranched alkanes of at least 4 members (excludes halogenated alkanes) is 1. The van der Waals surface area contributed by atoms with E-state index in [1.807, 2.05) is 54.6 Å². The quantitative estimate of drug-likeness (QED) is 0.329. The molecule has 0 atom stereocenters. The van der Waals surface area contributed by atoms with Gasteiger partial charge in [0.15, 0.2) is 5.96 Å². The molecule has 0 saturated carbocycles. The molecule has 0 spiro atoms. The van der Waals surface area contributed by atoms with E-state index in [1.54, 1.807) is 14.2 Å². The summed E-state index contributed by atoms with van der Waals surface area (Å²) in [4.78, 5) is 4.27. The van der Waals surface area contributed by atoms with Gasteiger partial charge in [0.2, 0.25) is 0 Å². The highest BCUT2D eigenvalue weighted by Gasteiger charge is 2.01. The summed E-state index contributed by atoms with van der Waals surface area (Å²) >= 11 is 0. The van der Waals surface area contributed by atoms with Crippen molar-refractivity contribution in [2.24, 2.45) is 4.99 Å². The van der Waals surface area contributed by atoms with Crippen LogP contribution in [0.5, 0.6) is 11.5 Å². The van der Waals surface area contributed by atoms with E-state index < -0.39 is 0 Å². The Labute approximate surface area is 167 Å². The molecule has 2 aromatic rings. The molecule has 28 heavy (non-hydrogen) atoms. The highest BCUT2D eigenvalue weighted by atomic mass is 16.5. The van der Waals surface area contributed by atoms with Gasteiger partial charge in [0.25, 0.3) is 0 Å². The molecule has 0 saturated heterocycles. The van der Waals surface area contributed by atoms with E-state index in [0.29, 0.717) is 19.8 Å². The first-order valence-corrected chi connectivity index (χ1v) is 9.69. The van der Waals surface area contributed by atoms with Crippen LogP contribution >= 0.6 is 0 Å². The Balaban J connectivity index is 1.65. The van der Waals surface area contributed by atoms with Crippen molar-refractivity contribution in [1.29, 1.82) is 0 Å². The fourth-order valence-electron chi connectivity index (χ4n) is 2.51. The van der Waals surface area contributed by atoms with Crippen LogP contribution in [-0.4, -0.2) is 46.5 Å². The molecule has 0 aliphatic heterocycles. The smallest absolute Gasteiger partial charge is 0.195 e. The Bertz CT molecular complexity index is 692. The molecule has 2 rings (SSSR count). The average molecular weight is 386 g/mol. The number of benzene rings is 2. The molecule has 0 aliphatic rings. The van der Waals surface area contributed by atoms with E-state index in [1.165, 1.54) is 0 Å². The number of aliphatic imine (C=N–C) groups is 1. The monoisotopic (exact) mass is 385 g/mol. The van der Waals surface area contributed by atoms with E-state index in [9.17, 15) is 0 Å². The Morgan fingerprint density at radius 2 is 1.61 bits per heavy atom. The van der Waals surface area contributed by atoms with Crippen molar-refractivity contribution >= 4 is 11.6 Å². The lowest BCUT2D eigenvalue weighted by Gasteiger charge is -2.13. The van der Waals surface area contributed by atoms with Gasteiger partial charge in [-0.2, -0.15) is 0 Å². The number of hydrogen-bond donors (Lipinski definition) is 2. The van der Waals surface area contributed by atoms with Crippen LogP contribution in [0.1, 0.15) is 19.3 Å². The summed E-state index contributed by atoms with van der Waals surface area (Å²) in [5, 5.41) is 6.61. The third kappa shape index (κ3) is 8.77. The molecule has 0 amide bonds. The predicted octanol–water partition coefficient (Wildman–Crippen LogP) is 3.95. The van der Waals surface area contributed by atoms with Crippen LogP contribution in [0.25, 0.3) is 0 Å². The average Bonchev–Trinajstić information content (AvgIpc) is 2.74. The summed E-state index contributed by atoms with van der Waals surface area (Å²) < 4.78 is 16.5. The number of anilines is 1. The molecule has 0 heterocycles. The molecule has 152 valence electrons. The minimum Gasteiger partial charge on any atom is -0.494 e. The maximum atomic E-state index is 5.73. The lowest BCUT2D eigenvalue weighted by molar-refractivity contribution is 0.172. The van der Waals surface area contributed by atoms with Crippen molar-refractivity contribution in [3.05, 3.63) is 54.6 Å². The SMILES string of the molecule is CN=C(NCCCCOc1ccccc1)Nc1cccc(OCCCOC)c1. The van der Waals surface area contributed by atoms with Crippen molar-refractivity contribution in [2.45, 2.75) is 19.3 Å². The second-order valence-electron chi connectivity index (χ2n) is 6.22. The first-order chi connectivity index (χ1) is 13.8. The third-order valence-corrected chi connectivity index (χ3v) is 3.96. The summed E-state index contributed by atoms with van der Waals surface area (Å²) in [6.07, 6.45) is 2.84. The van der Waals surface area contributed by atoms with Crippen LogP contribution in [0.15, 0.2) is 59.6 Å². The maximum Gasteiger partial charge on any atom is 0.195 e. The van der Waals surface area contributed by atoms with Gasteiger partial charge in [-0.15, -0.1) is 0 Å². The number of hydrogen-bond acceptors (Lipinski definition) is 4. The number of para-hydroxylation sites is 1. The molecule has 6 heteroatoms. The van der Waals surface area contributed by atoms with Gasteiger partial charge in [0.05, 0.1) is 13.2 Å². The summed E-state index contributed by atoms with van der Waals surface area (Å²) in [6, 6.07) is 17.7. The van der Waals surface area contributed by atoms with E-state index in [2.05, 4.69) is 15.6 Å². The summed E-state index contributed by atoms with van der Waals surface area (Å²) in [5.41, 5.74) is 0.935. The van der Waals surface area contributed by atoms with Crippen LogP contribution in [0.4, 0.5) is 5.69 Å². The molecule has 2 N–H and O–H groups in total. The Hall–Kier alpha value is -2.73. The Morgan fingerprint density at radius 1 is 0.857 bits per heavy atom. The second kappa shape index (κ2) is 13.4. The number of methoxy groups -OCH3 is 1. The Morgan fingerprint density at radius 3 is 2.39 bits per heavy atom. The van der Waals surface area contributed by atoms with Gasteiger partial charge in [0, 0.05) is 45.5 Å². The summed E-state index contributed by atoms with van der Waals surface area (Å²) in [6.45, 7) is 2.87. The van der Waals surface area contributed by atoms with Gasteiger partial charge in [-0.1, -0.05) is 24.3 Å². The fraction of sp³-hybridized carbons (Fsp3) is 0.409. The molecule has 6 nitrogen and oxygen atoms in total. The van der Waals surface area contributed by atoms with Crippen LogP contribution in [0.2, 0.25) is 0 Å². The molecule has 0 bridgehead atoms. The van der Waals surface area contributed by atoms with Crippen LogP contribution < -0.4 is 20.1 Å². The highest BCUT2D eigenvalue weighted by Crippen LogP contribution is 2.17. The molecular formula is C22H31N3O3. The number of guanidine groups is 1. The molecule has 2 aromatic carbocycles. The maximum absolute atomic E-state index is 5.73. The van der Waals surface area contributed by atoms with Crippen molar-refractivity contribution in [1.82, 2.24) is 5.32 Å². The summed E-state index contributed by atoms with van der Waals surface area (Å²) in [7, 11) is 3.46. The zero-order chi connectivity index (χ0) is 19.9. The molecule has 0 radical (unpaired) electrons. The molecule has 0 aliphatic carbocycles. The topological polar surface area (TPSA) is 64.1 Å². The first-order valence-electron chi connectivity index (χ1n) is 9.69. The fourth-order valence-corrected chi connectivity index (χ4v) is 2.51.